The van der Waals surface area contributed by atoms with E-state index in [2.05, 4.69) is 10.3 Å². The van der Waals surface area contributed by atoms with Gasteiger partial charge in [0.1, 0.15) is 23.3 Å². The van der Waals surface area contributed by atoms with Gasteiger partial charge in [-0.15, -0.1) is 5.10 Å². The minimum Gasteiger partial charge on any atom is -0.497 e. The van der Waals surface area contributed by atoms with Crippen molar-refractivity contribution >= 4 is 0 Å². The van der Waals surface area contributed by atoms with Crippen molar-refractivity contribution in [1.29, 1.82) is 5.26 Å². The van der Waals surface area contributed by atoms with Crippen LogP contribution in [0.5, 0.6) is 5.75 Å². The summed E-state index contributed by atoms with van der Waals surface area (Å²) in [5, 5.41) is 17.1. The van der Waals surface area contributed by atoms with Gasteiger partial charge in [-0.25, -0.2) is 9.07 Å². The fraction of sp³-hybridized carbons (Fsp3) is 0.118. The second kappa shape index (κ2) is 6.28. The summed E-state index contributed by atoms with van der Waals surface area (Å²) >= 11 is 0. The maximum atomic E-state index is 13.9. The predicted octanol–water partition coefficient (Wildman–Crippen LogP) is 3.01. The van der Waals surface area contributed by atoms with Gasteiger partial charge in [-0.3, -0.25) is 0 Å². The van der Waals surface area contributed by atoms with Crippen LogP contribution in [-0.2, 0) is 6.54 Å². The largest absolute Gasteiger partial charge is 0.497 e. The Balaban J connectivity index is 2.04. The molecule has 6 heteroatoms. The Bertz CT molecular complexity index is 865. The number of ether oxygens (including phenoxy) is 1. The second-order valence-corrected chi connectivity index (χ2v) is 4.88. The van der Waals surface area contributed by atoms with Crippen molar-refractivity contribution in [3.8, 4) is 23.1 Å². The van der Waals surface area contributed by atoms with E-state index < -0.39 is 0 Å². The smallest absolute Gasteiger partial charge is 0.190 e. The molecule has 114 valence electrons. The Labute approximate surface area is 132 Å². The van der Waals surface area contributed by atoms with E-state index >= 15 is 0 Å². The van der Waals surface area contributed by atoms with E-state index in [0.717, 1.165) is 5.56 Å². The second-order valence-electron chi connectivity index (χ2n) is 4.88. The minimum atomic E-state index is -0.317. The monoisotopic (exact) mass is 308 g/mol. The fourth-order valence-electron chi connectivity index (χ4n) is 2.32. The topological polar surface area (TPSA) is 63.7 Å². The quantitative estimate of drug-likeness (QED) is 0.743. The maximum absolute atomic E-state index is 13.9. The molecule has 0 aliphatic rings. The first-order valence-corrected chi connectivity index (χ1v) is 6.94. The van der Waals surface area contributed by atoms with Crippen molar-refractivity contribution in [1.82, 2.24) is 15.0 Å². The zero-order chi connectivity index (χ0) is 16.2. The maximum Gasteiger partial charge on any atom is 0.190 e. The molecule has 5 nitrogen and oxygen atoms in total. The van der Waals surface area contributed by atoms with E-state index in [9.17, 15) is 9.65 Å². The van der Waals surface area contributed by atoms with Crippen LogP contribution in [-0.4, -0.2) is 22.1 Å². The average Bonchev–Trinajstić information content (AvgIpc) is 3.00. The molecular weight excluding hydrogens is 295 g/mol. The molecule has 0 bridgehead atoms. The lowest BCUT2D eigenvalue weighted by Gasteiger charge is -2.08. The molecule has 0 amide bonds. The van der Waals surface area contributed by atoms with Gasteiger partial charge < -0.3 is 4.74 Å². The van der Waals surface area contributed by atoms with Gasteiger partial charge in [0.15, 0.2) is 5.69 Å². The zero-order valence-corrected chi connectivity index (χ0v) is 12.4. The van der Waals surface area contributed by atoms with E-state index in [0.29, 0.717) is 17.0 Å². The van der Waals surface area contributed by atoms with Crippen molar-refractivity contribution in [3.63, 3.8) is 0 Å². The van der Waals surface area contributed by atoms with E-state index in [-0.39, 0.29) is 18.1 Å². The number of benzene rings is 2. The van der Waals surface area contributed by atoms with Gasteiger partial charge >= 0.3 is 0 Å². The van der Waals surface area contributed by atoms with Crippen molar-refractivity contribution in [2.75, 3.05) is 7.11 Å². The molecule has 3 aromatic rings. The van der Waals surface area contributed by atoms with Gasteiger partial charge in [0.25, 0.3) is 0 Å². The molecule has 0 atom stereocenters. The highest BCUT2D eigenvalue weighted by atomic mass is 19.1. The number of nitriles is 1. The zero-order valence-electron chi connectivity index (χ0n) is 12.4. The van der Waals surface area contributed by atoms with Gasteiger partial charge in [-0.1, -0.05) is 23.4 Å². The van der Waals surface area contributed by atoms with Crippen LogP contribution >= 0.6 is 0 Å². The summed E-state index contributed by atoms with van der Waals surface area (Å²) in [6.45, 7) is 0.197. The fourth-order valence-corrected chi connectivity index (χ4v) is 2.32. The first-order chi connectivity index (χ1) is 11.2. The number of hydrogen-bond donors (Lipinski definition) is 0. The Morgan fingerprint density at radius 3 is 2.57 bits per heavy atom. The van der Waals surface area contributed by atoms with Gasteiger partial charge in [0, 0.05) is 11.1 Å². The molecule has 3 rings (SSSR count). The van der Waals surface area contributed by atoms with Crippen LogP contribution in [0.1, 0.15) is 11.3 Å². The van der Waals surface area contributed by atoms with Crippen molar-refractivity contribution < 1.29 is 9.13 Å². The Morgan fingerprint density at radius 2 is 1.91 bits per heavy atom. The van der Waals surface area contributed by atoms with Gasteiger partial charge in [-0.05, 0) is 30.3 Å². The number of rotatable bonds is 4. The lowest BCUT2D eigenvalue weighted by Crippen LogP contribution is -2.06. The summed E-state index contributed by atoms with van der Waals surface area (Å²) in [5.41, 5.74) is 2.00. The molecule has 1 aromatic heterocycles. The molecule has 0 spiro atoms. The summed E-state index contributed by atoms with van der Waals surface area (Å²) in [4.78, 5) is 0. The Hall–Kier alpha value is -3.20. The first-order valence-electron chi connectivity index (χ1n) is 6.94. The van der Waals surface area contributed by atoms with Gasteiger partial charge in [-0.2, -0.15) is 5.26 Å². The van der Waals surface area contributed by atoms with Gasteiger partial charge in [0.05, 0.1) is 13.7 Å². The molecule has 0 aliphatic heterocycles. The van der Waals surface area contributed by atoms with Crippen LogP contribution in [0.2, 0.25) is 0 Å². The molecule has 0 radical (unpaired) electrons. The average molecular weight is 308 g/mol. The normalized spacial score (nSPS) is 10.3. The molecule has 23 heavy (non-hydrogen) atoms. The van der Waals surface area contributed by atoms with Crippen LogP contribution < -0.4 is 4.74 Å². The van der Waals surface area contributed by atoms with E-state index in [1.54, 1.807) is 37.4 Å². The summed E-state index contributed by atoms with van der Waals surface area (Å²) < 4.78 is 20.5. The Morgan fingerprint density at radius 1 is 1.17 bits per heavy atom. The van der Waals surface area contributed by atoms with Crippen LogP contribution in [0.25, 0.3) is 11.3 Å². The van der Waals surface area contributed by atoms with Crippen LogP contribution in [0.4, 0.5) is 4.39 Å². The molecular formula is C17H13FN4O. The lowest BCUT2D eigenvalue weighted by molar-refractivity contribution is 0.415. The number of methoxy groups -OCH3 is 1. The van der Waals surface area contributed by atoms with Crippen molar-refractivity contribution in [2.45, 2.75) is 6.54 Å². The van der Waals surface area contributed by atoms with Crippen molar-refractivity contribution in [2.24, 2.45) is 0 Å². The summed E-state index contributed by atoms with van der Waals surface area (Å²) in [5.74, 6) is 0.391. The molecule has 1 heterocycles. The predicted molar refractivity (Wildman–Crippen MR) is 82.2 cm³/mol. The summed E-state index contributed by atoms with van der Waals surface area (Å²) in [6, 6.07) is 15.7. The number of nitrogens with zero attached hydrogens (tertiary/aromatic N) is 4. The third kappa shape index (κ3) is 2.90. The van der Waals surface area contributed by atoms with Crippen molar-refractivity contribution in [3.05, 3.63) is 65.6 Å². The molecule has 0 aliphatic carbocycles. The molecule has 0 fully saturated rings. The van der Waals surface area contributed by atoms with Gasteiger partial charge in [0.2, 0.25) is 0 Å². The SMILES string of the molecule is COc1ccc(-c2c(C#N)nnn2Cc2ccccc2F)cc1. The number of aromatic nitrogens is 3. The van der Waals surface area contributed by atoms with Crippen LogP contribution in [0.15, 0.2) is 48.5 Å². The highest BCUT2D eigenvalue weighted by Crippen LogP contribution is 2.25. The summed E-state index contributed by atoms with van der Waals surface area (Å²) in [7, 11) is 1.58. The molecule has 0 saturated carbocycles. The third-order valence-electron chi connectivity index (χ3n) is 3.48. The number of hydrogen-bond acceptors (Lipinski definition) is 4. The molecule has 0 unspecified atom stereocenters. The molecule has 0 saturated heterocycles. The van der Waals surface area contributed by atoms with E-state index in [4.69, 9.17) is 4.74 Å². The Kier molecular flexibility index (Phi) is 4.02. The highest BCUT2D eigenvalue weighted by Gasteiger charge is 2.16. The standard InChI is InChI=1S/C17H13FN4O/c1-23-14-8-6-12(7-9-14)17-16(10-19)20-21-22(17)11-13-4-2-3-5-15(13)18/h2-9H,11H2,1H3. The van der Waals surface area contributed by atoms with Crippen LogP contribution in [0.3, 0.4) is 0 Å². The molecule has 2 aromatic carbocycles. The third-order valence-corrected chi connectivity index (χ3v) is 3.48. The van der Waals surface area contributed by atoms with E-state index in [1.165, 1.54) is 10.7 Å². The molecule has 0 N–H and O–H groups in total. The first kappa shape index (κ1) is 14.7. The van der Waals surface area contributed by atoms with Crippen LogP contribution in [0, 0.1) is 17.1 Å². The minimum absolute atomic E-state index is 0.197. The summed E-state index contributed by atoms with van der Waals surface area (Å²) in [6.07, 6.45) is 0. The number of halogens is 1. The van der Waals surface area contributed by atoms with E-state index in [1.807, 2.05) is 18.2 Å². The lowest BCUT2D eigenvalue weighted by atomic mass is 10.1. The highest BCUT2D eigenvalue weighted by molar-refractivity contribution is 5.65.